The number of rotatable bonds is 4. The monoisotopic (exact) mass is 459 g/mol. The molecule has 1 aromatic rings. The van der Waals surface area contributed by atoms with Gasteiger partial charge in [-0.3, -0.25) is 4.79 Å². The number of benzene rings is 1. The summed E-state index contributed by atoms with van der Waals surface area (Å²) in [7, 11) is 0. The second-order valence-corrected chi connectivity index (χ2v) is 11.7. The highest BCUT2D eigenvalue weighted by atomic mass is 35.5. The van der Waals surface area contributed by atoms with Gasteiger partial charge in [-0.1, -0.05) is 18.5 Å². The lowest BCUT2D eigenvalue weighted by Gasteiger charge is -2.56. The molecule has 1 saturated heterocycles. The largest absolute Gasteiger partial charge is 0.370 e. The molecule has 0 radical (unpaired) electrons. The van der Waals surface area contributed by atoms with Gasteiger partial charge in [-0.2, -0.15) is 0 Å². The molecule has 0 unspecified atom stereocenters. The van der Waals surface area contributed by atoms with E-state index in [0.29, 0.717) is 11.5 Å². The van der Waals surface area contributed by atoms with E-state index in [-0.39, 0.29) is 11.3 Å². The number of thiocarbonyl (C=S) groups is 1. The molecule has 6 heteroatoms. The number of halogens is 1. The lowest BCUT2D eigenvalue weighted by atomic mass is 9.49. The van der Waals surface area contributed by atoms with Crippen molar-refractivity contribution in [3.8, 4) is 0 Å². The van der Waals surface area contributed by atoms with Crippen molar-refractivity contribution in [2.45, 2.75) is 64.7 Å². The molecule has 6 rings (SSSR count). The minimum absolute atomic E-state index is 0.0598. The normalized spacial score (nSPS) is 32.2. The Hall–Kier alpha value is -1.33. The first-order valence-electron chi connectivity index (χ1n) is 12.0. The zero-order chi connectivity index (χ0) is 21.6. The van der Waals surface area contributed by atoms with E-state index in [0.717, 1.165) is 53.2 Å². The number of nitrogens with one attached hydrogen (secondary N) is 2. The number of hydrogen-bond donors (Lipinski definition) is 2. The Morgan fingerprint density at radius 1 is 1.13 bits per heavy atom. The predicted octanol–water partition coefficient (Wildman–Crippen LogP) is 6.00. The van der Waals surface area contributed by atoms with Gasteiger partial charge in [0.15, 0.2) is 5.11 Å². The molecule has 0 aromatic heterocycles. The summed E-state index contributed by atoms with van der Waals surface area (Å²) in [5.41, 5.74) is 2.13. The van der Waals surface area contributed by atoms with Crippen molar-refractivity contribution in [1.29, 1.82) is 0 Å². The van der Waals surface area contributed by atoms with E-state index in [1.807, 2.05) is 12.1 Å². The van der Waals surface area contributed by atoms with Gasteiger partial charge in [0, 0.05) is 25.2 Å². The molecule has 1 amide bonds. The van der Waals surface area contributed by atoms with Crippen LogP contribution in [0.15, 0.2) is 18.2 Å². The van der Waals surface area contributed by atoms with Gasteiger partial charge in [0.05, 0.1) is 10.7 Å². The molecule has 4 bridgehead atoms. The number of nitrogens with zero attached hydrogens (tertiary/aromatic N) is 1. The number of amides is 1. The van der Waals surface area contributed by atoms with Crippen LogP contribution in [0.25, 0.3) is 0 Å². The van der Waals surface area contributed by atoms with E-state index >= 15 is 0 Å². The fourth-order valence-electron chi connectivity index (χ4n) is 7.27. The average molecular weight is 460 g/mol. The SMILES string of the molecule is CC1CCN(c2ccc(NC(=S)NC(=O)CC34CC5CC(CC(C5)C3)C4)cc2Cl)CC1. The molecule has 31 heavy (non-hydrogen) atoms. The van der Waals surface area contributed by atoms with Gasteiger partial charge in [0.25, 0.3) is 0 Å². The van der Waals surface area contributed by atoms with Crippen LogP contribution in [0.2, 0.25) is 5.02 Å². The van der Waals surface area contributed by atoms with E-state index in [4.69, 9.17) is 23.8 Å². The summed E-state index contributed by atoms with van der Waals surface area (Å²) < 4.78 is 0. The van der Waals surface area contributed by atoms with Crippen LogP contribution in [0.1, 0.15) is 64.7 Å². The molecular formula is C25H34ClN3OS. The molecular weight excluding hydrogens is 426 g/mol. The van der Waals surface area contributed by atoms with Crippen molar-refractivity contribution in [3.63, 3.8) is 0 Å². The van der Waals surface area contributed by atoms with Crippen LogP contribution in [-0.4, -0.2) is 24.1 Å². The highest BCUT2D eigenvalue weighted by Gasteiger charge is 2.51. The molecule has 0 atom stereocenters. The van der Waals surface area contributed by atoms with E-state index in [1.165, 1.54) is 51.4 Å². The number of hydrogen-bond acceptors (Lipinski definition) is 3. The van der Waals surface area contributed by atoms with Gasteiger partial charge in [-0.25, -0.2) is 0 Å². The number of carbonyl (C=O) groups is 1. The third-order valence-electron chi connectivity index (χ3n) is 8.28. The van der Waals surface area contributed by atoms with Gasteiger partial charge in [-0.05, 0) is 111 Å². The first-order chi connectivity index (χ1) is 14.9. The molecule has 168 valence electrons. The lowest BCUT2D eigenvalue weighted by molar-refractivity contribution is -0.127. The van der Waals surface area contributed by atoms with Crippen LogP contribution < -0.4 is 15.5 Å². The highest BCUT2D eigenvalue weighted by Crippen LogP contribution is 2.61. The summed E-state index contributed by atoms with van der Waals surface area (Å²) in [6.45, 7) is 4.41. The Morgan fingerprint density at radius 2 is 1.74 bits per heavy atom. The molecule has 4 saturated carbocycles. The third-order valence-corrected chi connectivity index (χ3v) is 8.79. The Morgan fingerprint density at radius 3 is 2.32 bits per heavy atom. The molecule has 1 heterocycles. The van der Waals surface area contributed by atoms with Gasteiger partial charge >= 0.3 is 0 Å². The Balaban J connectivity index is 1.15. The summed E-state index contributed by atoms with van der Waals surface area (Å²) >= 11 is 12.0. The van der Waals surface area contributed by atoms with Crippen LogP contribution in [0.5, 0.6) is 0 Å². The molecule has 0 spiro atoms. The predicted molar refractivity (Wildman–Crippen MR) is 132 cm³/mol. The van der Waals surface area contributed by atoms with Crippen molar-refractivity contribution in [3.05, 3.63) is 23.2 Å². The molecule has 2 N–H and O–H groups in total. The molecule has 4 nitrogen and oxygen atoms in total. The first kappa shape index (κ1) is 21.5. The zero-order valence-corrected chi connectivity index (χ0v) is 20.0. The van der Waals surface area contributed by atoms with Crippen molar-refractivity contribution in [2.24, 2.45) is 29.1 Å². The average Bonchev–Trinajstić information content (AvgIpc) is 2.67. The molecule has 1 aliphatic heterocycles. The maximum absolute atomic E-state index is 12.8. The second-order valence-electron chi connectivity index (χ2n) is 10.9. The molecule has 5 fully saturated rings. The van der Waals surface area contributed by atoms with E-state index < -0.39 is 0 Å². The summed E-state index contributed by atoms with van der Waals surface area (Å²) in [5.74, 6) is 3.41. The van der Waals surface area contributed by atoms with Gasteiger partial charge in [0.1, 0.15) is 0 Å². The lowest BCUT2D eigenvalue weighted by Crippen LogP contribution is -2.48. The first-order valence-corrected chi connectivity index (χ1v) is 12.8. The summed E-state index contributed by atoms with van der Waals surface area (Å²) in [6, 6.07) is 5.96. The summed E-state index contributed by atoms with van der Waals surface area (Å²) in [5, 5.41) is 7.18. The van der Waals surface area contributed by atoms with Crippen molar-refractivity contribution >= 4 is 46.2 Å². The van der Waals surface area contributed by atoms with E-state index in [2.05, 4.69) is 28.5 Å². The summed E-state index contributed by atoms with van der Waals surface area (Å²) in [6.07, 6.45) is 10.9. The van der Waals surface area contributed by atoms with E-state index in [1.54, 1.807) is 0 Å². The molecule has 5 aliphatic rings. The van der Waals surface area contributed by atoms with Crippen LogP contribution in [-0.2, 0) is 4.79 Å². The highest BCUT2D eigenvalue weighted by molar-refractivity contribution is 7.80. The second kappa shape index (κ2) is 8.55. The topological polar surface area (TPSA) is 44.4 Å². The standard InChI is InChI=1S/C25H34ClN3OS/c1-16-4-6-29(7-5-16)22-3-2-20(11-21(22)26)27-24(31)28-23(30)15-25-12-17-8-18(13-25)10-19(9-17)14-25/h2-3,11,16-19H,4-10,12-15H2,1H3,(H2,27,28,30,31). The van der Waals surface area contributed by atoms with Gasteiger partial charge < -0.3 is 15.5 Å². The van der Waals surface area contributed by atoms with Crippen LogP contribution >= 0.6 is 23.8 Å². The maximum Gasteiger partial charge on any atom is 0.226 e. The minimum Gasteiger partial charge on any atom is -0.370 e. The third kappa shape index (κ3) is 4.73. The van der Waals surface area contributed by atoms with Crippen LogP contribution in [0.4, 0.5) is 11.4 Å². The molecule has 4 aliphatic carbocycles. The fraction of sp³-hybridized carbons (Fsp3) is 0.680. The summed E-state index contributed by atoms with van der Waals surface area (Å²) in [4.78, 5) is 15.2. The Bertz CT molecular complexity index is 829. The zero-order valence-electron chi connectivity index (χ0n) is 18.5. The number of piperidine rings is 1. The smallest absolute Gasteiger partial charge is 0.226 e. The Labute approximate surface area is 196 Å². The number of carbonyl (C=O) groups excluding carboxylic acids is 1. The maximum atomic E-state index is 12.8. The fourth-order valence-corrected chi connectivity index (χ4v) is 7.80. The van der Waals surface area contributed by atoms with E-state index in [9.17, 15) is 4.79 Å². The number of anilines is 2. The van der Waals surface area contributed by atoms with Crippen molar-refractivity contribution in [1.82, 2.24) is 5.32 Å². The minimum atomic E-state index is 0.0598. The Kier molecular flexibility index (Phi) is 5.93. The van der Waals surface area contributed by atoms with Gasteiger partial charge in [0.2, 0.25) is 5.91 Å². The van der Waals surface area contributed by atoms with Crippen LogP contribution in [0.3, 0.4) is 0 Å². The van der Waals surface area contributed by atoms with Crippen molar-refractivity contribution in [2.75, 3.05) is 23.3 Å². The van der Waals surface area contributed by atoms with Gasteiger partial charge in [-0.15, -0.1) is 0 Å². The van der Waals surface area contributed by atoms with Crippen LogP contribution in [0, 0.1) is 29.1 Å². The quantitative estimate of drug-likeness (QED) is 0.542. The molecule has 1 aromatic carbocycles. The van der Waals surface area contributed by atoms with Crippen molar-refractivity contribution < 1.29 is 4.79 Å².